The maximum absolute atomic E-state index is 12.0. The van der Waals surface area contributed by atoms with Crippen LogP contribution in [0.25, 0.3) is 0 Å². The molecule has 0 spiro atoms. The molecule has 0 unspecified atom stereocenters. The van der Waals surface area contributed by atoms with Crippen molar-refractivity contribution in [3.05, 3.63) is 17.2 Å². The van der Waals surface area contributed by atoms with Crippen molar-refractivity contribution in [3.8, 4) is 17.2 Å². The number of carbonyl (C=O) groups is 1. The van der Waals surface area contributed by atoms with E-state index in [1.54, 1.807) is 21.3 Å². The highest BCUT2D eigenvalue weighted by Crippen LogP contribution is 2.49. The summed E-state index contributed by atoms with van der Waals surface area (Å²) in [5.41, 5.74) is 0.902. The number of hydrogen-bond acceptors (Lipinski definition) is 6. The second-order valence-corrected chi connectivity index (χ2v) is 6.09. The van der Waals surface area contributed by atoms with E-state index in [2.05, 4.69) is 5.32 Å². The smallest absolute Gasteiger partial charge is 0.325 e. The van der Waals surface area contributed by atoms with Crippen molar-refractivity contribution in [2.24, 2.45) is 0 Å². The van der Waals surface area contributed by atoms with Crippen LogP contribution in [0.15, 0.2) is 6.07 Å². The Morgan fingerprint density at radius 1 is 1.30 bits per heavy atom. The molecule has 0 saturated carbocycles. The Morgan fingerprint density at radius 3 is 2.57 bits per heavy atom. The predicted octanol–water partition coefficient (Wildman–Crippen LogP) is 0.668. The van der Waals surface area contributed by atoms with Crippen LogP contribution in [0.2, 0.25) is 0 Å². The van der Waals surface area contributed by atoms with E-state index in [1.165, 1.54) is 0 Å². The fourth-order valence-electron chi connectivity index (χ4n) is 3.88. The summed E-state index contributed by atoms with van der Waals surface area (Å²) in [6.07, 6.45) is 0. The highest BCUT2D eigenvalue weighted by molar-refractivity contribution is 5.83. The number of aliphatic carboxylic acids is 1. The number of nitrogens with zero attached hydrogens (tertiary/aromatic N) is 1. The lowest BCUT2D eigenvalue weighted by Gasteiger charge is -2.38. The highest BCUT2D eigenvalue weighted by atomic mass is 16.5. The fraction of sp³-hybridized carbons (Fsp3) is 0.562. The Bertz CT molecular complexity index is 648. The number of methoxy groups -OCH3 is 3. The molecule has 1 aromatic rings. The summed E-state index contributed by atoms with van der Waals surface area (Å²) >= 11 is 0. The van der Waals surface area contributed by atoms with Crippen LogP contribution < -0.4 is 19.5 Å². The molecule has 23 heavy (non-hydrogen) atoms. The summed E-state index contributed by atoms with van der Waals surface area (Å²) < 4.78 is 16.4. The molecule has 1 saturated heterocycles. The van der Waals surface area contributed by atoms with Gasteiger partial charge in [0.1, 0.15) is 5.54 Å². The maximum atomic E-state index is 12.0. The molecule has 7 nitrogen and oxygen atoms in total. The number of rotatable bonds is 4. The van der Waals surface area contributed by atoms with Crippen LogP contribution in [-0.4, -0.2) is 63.0 Å². The van der Waals surface area contributed by atoms with Crippen molar-refractivity contribution in [3.63, 3.8) is 0 Å². The van der Waals surface area contributed by atoms with Crippen LogP contribution in [0, 0.1) is 0 Å². The van der Waals surface area contributed by atoms with Gasteiger partial charge in [-0.1, -0.05) is 0 Å². The zero-order chi connectivity index (χ0) is 16.8. The Morgan fingerprint density at radius 2 is 2.00 bits per heavy atom. The summed E-state index contributed by atoms with van der Waals surface area (Å²) in [6, 6.07) is 1.89. The SMILES string of the molecule is COc1cc2c(c(OC)c1OC)CN[C@@]1(C(=O)O)CN(C)C[C@H]21. The molecule has 2 aliphatic heterocycles. The van der Waals surface area contributed by atoms with E-state index >= 15 is 0 Å². The van der Waals surface area contributed by atoms with Crippen LogP contribution in [0.3, 0.4) is 0 Å². The third-order valence-electron chi connectivity index (χ3n) is 4.91. The van der Waals surface area contributed by atoms with Gasteiger partial charge in [-0.15, -0.1) is 0 Å². The summed E-state index contributed by atoms with van der Waals surface area (Å²) in [7, 11) is 6.64. The molecule has 2 aliphatic rings. The number of fused-ring (bicyclic) bond motifs is 3. The largest absolute Gasteiger partial charge is 0.493 e. The highest BCUT2D eigenvalue weighted by Gasteiger charge is 2.55. The van der Waals surface area contributed by atoms with Gasteiger partial charge in [0.2, 0.25) is 5.75 Å². The first kappa shape index (κ1) is 15.9. The minimum absolute atomic E-state index is 0.178. The lowest BCUT2D eigenvalue weighted by atomic mass is 9.76. The molecule has 0 radical (unpaired) electrons. The molecule has 1 aromatic carbocycles. The van der Waals surface area contributed by atoms with E-state index in [-0.39, 0.29) is 5.92 Å². The number of likely N-dealkylation sites (N-methyl/N-ethyl adjacent to an activating group) is 1. The van der Waals surface area contributed by atoms with Gasteiger partial charge in [0, 0.05) is 31.1 Å². The van der Waals surface area contributed by atoms with Crippen LogP contribution in [-0.2, 0) is 11.3 Å². The number of hydrogen-bond donors (Lipinski definition) is 2. The summed E-state index contributed by atoms with van der Waals surface area (Å²) in [6.45, 7) is 1.53. The molecule has 0 bridgehead atoms. The number of carboxylic acids is 1. The van der Waals surface area contributed by atoms with Crippen molar-refractivity contribution in [2.45, 2.75) is 18.0 Å². The first-order valence-corrected chi connectivity index (χ1v) is 7.47. The molecule has 0 amide bonds. The van der Waals surface area contributed by atoms with E-state index in [9.17, 15) is 9.90 Å². The molecule has 7 heteroatoms. The van der Waals surface area contributed by atoms with Crippen molar-refractivity contribution >= 4 is 5.97 Å². The number of likely N-dealkylation sites (tertiary alicyclic amines) is 1. The van der Waals surface area contributed by atoms with Crippen LogP contribution in [0.4, 0.5) is 0 Å². The van der Waals surface area contributed by atoms with Crippen molar-refractivity contribution in [1.82, 2.24) is 10.2 Å². The van der Waals surface area contributed by atoms with E-state index in [4.69, 9.17) is 14.2 Å². The molecular formula is C16H22N2O5. The molecule has 1 fully saturated rings. The average molecular weight is 322 g/mol. The Kier molecular flexibility index (Phi) is 3.85. The monoisotopic (exact) mass is 322 g/mol. The Balaban J connectivity index is 2.21. The van der Waals surface area contributed by atoms with Gasteiger partial charge in [0.05, 0.1) is 21.3 Å². The molecule has 3 rings (SSSR count). The normalized spacial score (nSPS) is 26.3. The van der Waals surface area contributed by atoms with Crippen LogP contribution in [0.5, 0.6) is 17.2 Å². The van der Waals surface area contributed by atoms with Crippen LogP contribution in [0.1, 0.15) is 17.0 Å². The third kappa shape index (κ3) is 2.14. The third-order valence-corrected chi connectivity index (χ3v) is 4.91. The van der Waals surface area contributed by atoms with Gasteiger partial charge in [0.15, 0.2) is 11.5 Å². The fourth-order valence-corrected chi connectivity index (χ4v) is 3.88. The average Bonchev–Trinajstić information content (AvgIpc) is 2.90. The number of ether oxygens (including phenoxy) is 3. The first-order valence-electron chi connectivity index (χ1n) is 7.47. The van der Waals surface area contributed by atoms with Gasteiger partial charge >= 0.3 is 5.97 Å². The van der Waals surface area contributed by atoms with Crippen molar-refractivity contribution in [2.75, 3.05) is 41.5 Å². The van der Waals surface area contributed by atoms with Gasteiger partial charge in [-0.2, -0.15) is 0 Å². The zero-order valence-electron chi connectivity index (χ0n) is 13.8. The summed E-state index contributed by atoms with van der Waals surface area (Å²) in [5.74, 6) is 0.681. The van der Waals surface area contributed by atoms with Crippen LogP contribution >= 0.6 is 0 Å². The van der Waals surface area contributed by atoms with Crippen molar-refractivity contribution in [1.29, 1.82) is 0 Å². The number of benzene rings is 1. The van der Waals surface area contributed by atoms with Crippen molar-refractivity contribution < 1.29 is 24.1 Å². The first-order chi connectivity index (χ1) is 11.0. The summed E-state index contributed by atoms with van der Waals surface area (Å²) in [5, 5.41) is 13.0. The van der Waals surface area contributed by atoms with Gasteiger partial charge in [0.25, 0.3) is 0 Å². The Hall–Kier alpha value is -1.99. The molecule has 2 atom stereocenters. The topological polar surface area (TPSA) is 80.3 Å². The van der Waals surface area contributed by atoms with Gasteiger partial charge in [-0.05, 0) is 18.7 Å². The van der Waals surface area contributed by atoms with Gasteiger partial charge in [-0.3, -0.25) is 10.1 Å². The Labute approximate surface area is 135 Å². The molecule has 126 valence electrons. The quantitative estimate of drug-likeness (QED) is 0.843. The molecule has 2 N–H and O–H groups in total. The van der Waals surface area contributed by atoms with E-state index < -0.39 is 11.5 Å². The van der Waals surface area contributed by atoms with E-state index in [0.29, 0.717) is 36.9 Å². The minimum Gasteiger partial charge on any atom is -0.493 e. The lowest BCUT2D eigenvalue weighted by Crippen LogP contribution is -2.59. The molecular weight excluding hydrogens is 300 g/mol. The minimum atomic E-state index is -0.980. The number of nitrogens with one attached hydrogen (secondary N) is 1. The maximum Gasteiger partial charge on any atom is 0.325 e. The van der Waals surface area contributed by atoms with E-state index in [0.717, 1.165) is 11.1 Å². The van der Waals surface area contributed by atoms with Gasteiger partial charge < -0.3 is 24.2 Å². The standard InChI is InChI=1S/C16H22N2O5/c1-18-7-11-9-5-12(21-2)14(23-4)13(22-3)10(9)6-17-16(11,8-18)15(19)20/h5,11,17H,6-8H2,1-4H3,(H,19,20)/t11-,16+/m1/s1. The molecule has 0 aliphatic carbocycles. The lowest BCUT2D eigenvalue weighted by molar-refractivity contribution is -0.145. The second kappa shape index (κ2) is 5.58. The van der Waals surface area contributed by atoms with Gasteiger partial charge in [-0.25, -0.2) is 0 Å². The summed E-state index contributed by atoms with van der Waals surface area (Å²) in [4.78, 5) is 14.0. The second-order valence-electron chi connectivity index (χ2n) is 6.09. The van der Waals surface area contributed by atoms with E-state index in [1.807, 2.05) is 18.0 Å². The molecule has 0 aromatic heterocycles. The predicted molar refractivity (Wildman–Crippen MR) is 83.5 cm³/mol. The number of carboxylic acid groups (broad SMARTS) is 1. The zero-order valence-corrected chi connectivity index (χ0v) is 13.8. The molecule has 2 heterocycles.